The van der Waals surface area contributed by atoms with Crippen LogP contribution in [0.2, 0.25) is 0 Å². The molecule has 4 heteroatoms. The van der Waals surface area contributed by atoms with E-state index in [0.717, 1.165) is 0 Å². The summed E-state index contributed by atoms with van der Waals surface area (Å²) in [5.41, 5.74) is 6.57. The van der Waals surface area contributed by atoms with E-state index in [1.165, 1.54) is 0 Å². The van der Waals surface area contributed by atoms with Gasteiger partial charge >= 0.3 is 0 Å². The molecule has 0 aromatic heterocycles. The first kappa shape index (κ1) is 9.86. The summed E-state index contributed by atoms with van der Waals surface area (Å²) in [5, 5.41) is 2.64. The second kappa shape index (κ2) is 4.72. The molecule has 0 saturated heterocycles. The molecule has 0 spiro atoms. The van der Waals surface area contributed by atoms with E-state index in [2.05, 4.69) is 5.32 Å². The van der Waals surface area contributed by atoms with Gasteiger partial charge in [0.05, 0.1) is 5.56 Å². The molecule has 70 valence electrons. The highest BCUT2D eigenvalue weighted by Gasteiger charge is 2.06. The van der Waals surface area contributed by atoms with Crippen LogP contribution in [-0.2, 0) is 0 Å². The zero-order valence-electron chi connectivity index (χ0n) is 7.09. The van der Waals surface area contributed by atoms with Gasteiger partial charge in [0, 0.05) is 18.1 Å². The molecule has 0 unspecified atom stereocenters. The van der Waals surface area contributed by atoms with Crippen LogP contribution in [0.15, 0.2) is 24.3 Å². The summed E-state index contributed by atoms with van der Waals surface area (Å²) >= 11 is 5.43. The Hall–Kier alpha value is -1.22. The fraction of sp³-hybridized carbons (Fsp3) is 0.222. The third kappa shape index (κ3) is 2.63. The SMILES string of the molecule is Nc1ccccc1C(=O)NCCCl. The zero-order valence-corrected chi connectivity index (χ0v) is 7.84. The van der Waals surface area contributed by atoms with E-state index in [1.807, 2.05) is 0 Å². The monoisotopic (exact) mass is 198 g/mol. The molecular weight excluding hydrogens is 188 g/mol. The maximum absolute atomic E-state index is 11.4. The van der Waals surface area contributed by atoms with Gasteiger partial charge in [-0.3, -0.25) is 4.79 Å². The normalized spacial score (nSPS) is 9.62. The van der Waals surface area contributed by atoms with E-state index in [1.54, 1.807) is 24.3 Å². The topological polar surface area (TPSA) is 55.1 Å². The summed E-state index contributed by atoms with van der Waals surface area (Å²) in [6.07, 6.45) is 0. The molecule has 0 aliphatic rings. The number of nitrogen functional groups attached to an aromatic ring is 1. The first-order chi connectivity index (χ1) is 6.25. The van der Waals surface area contributed by atoms with Gasteiger partial charge in [-0.25, -0.2) is 0 Å². The molecule has 0 saturated carbocycles. The van der Waals surface area contributed by atoms with Gasteiger partial charge in [0.1, 0.15) is 0 Å². The number of carbonyl (C=O) groups excluding carboxylic acids is 1. The highest BCUT2D eigenvalue weighted by molar-refractivity contribution is 6.18. The summed E-state index contributed by atoms with van der Waals surface area (Å²) in [6, 6.07) is 6.92. The lowest BCUT2D eigenvalue weighted by Crippen LogP contribution is -2.25. The van der Waals surface area contributed by atoms with Crippen LogP contribution < -0.4 is 11.1 Å². The number of nitrogens with two attached hydrogens (primary N) is 1. The van der Waals surface area contributed by atoms with Crippen molar-refractivity contribution in [3.8, 4) is 0 Å². The first-order valence-electron chi connectivity index (χ1n) is 3.94. The number of benzene rings is 1. The third-order valence-electron chi connectivity index (χ3n) is 1.59. The van der Waals surface area contributed by atoms with Gasteiger partial charge in [-0.2, -0.15) is 0 Å². The van der Waals surface area contributed by atoms with E-state index in [-0.39, 0.29) is 5.91 Å². The zero-order chi connectivity index (χ0) is 9.68. The lowest BCUT2D eigenvalue weighted by molar-refractivity contribution is 0.0957. The van der Waals surface area contributed by atoms with E-state index in [9.17, 15) is 4.79 Å². The number of carbonyl (C=O) groups is 1. The van der Waals surface area contributed by atoms with Crippen molar-refractivity contribution in [2.45, 2.75) is 0 Å². The molecule has 1 aromatic carbocycles. The van der Waals surface area contributed by atoms with Crippen molar-refractivity contribution >= 4 is 23.2 Å². The van der Waals surface area contributed by atoms with Gasteiger partial charge in [-0.1, -0.05) is 12.1 Å². The minimum Gasteiger partial charge on any atom is -0.398 e. The van der Waals surface area contributed by atoms with Gasteiger partial charge in [0.25, 0.3) is 5.91 Å². The molecule has 0 heterocycles. The van der Waals surface area contributed by atoms with Gasteiger partial charge in [0.2, 0.25) is 0 Å². The fourth-order valence-corrected chi connectivity index (χ4v) is 1.05. The van der Waals surface area contributed by atoms with Crippen molar-refractivity contribution in [2.75, 3.05) is 18.2 Å². The number of para-hydroxylation sites is 1. The van der Waals surface area contributed by atoms with Crippen molar-refractivity contribution in [3.63, 3.8) is 0 Å². The average Bonchev–Trinajstić information content (AvgIpc) is 2.15. The smallest absolute Gasteiger partial charge is 0.253 e. The molecule has 0 aliphatic heterocycles. The minimum absolute atomic E-state index is 0.182. The van der Waals surface area contributed by atoms with Crippen molar-refractivity contribution < 1.29 is 4.79 Å². The number of halogens is 1. The van der Waals surface area contributed by atoms with E-state index < -0.39 is 0 Å². The first-order valence-corrected chi connectivity index (χ1v) is 4.48. The summed E-state index contributed by atoms with van der Waals surface area (Å²) in [7, 11) is 0. The predicted molar refractivity (Wildman–Crippen MR) is 53.9 cm³/mol. The average molecular weight is 199 g/mol. The number of amides is 1. The van der Waals surface area contributed by atoms with Crippen LogP contribution in [0, 0.1) is 0 Å². The van der Waals surface area contributed by atoms with Crippen molar-refractivity contribution in [1.29, 1.82) is 0 Å². The van der Waals surface area contributed by atoms with E-state index in [0.29, 0.717) is 23.7 Å². The van der Waals surface area contributed by atoms with E-state index >= 15 is 0 Å². The molecule has 0 bridgehead atoms. The van der Waals surface area contributed by atoms with Gasteiger partial charge < -0.3 is 11.1 Å². The highest BCUT2D eigenvalue weighted by Crippen LogP contribution is 2.09. The Morgan fingerprint density at radius 3 is 2.77 bits per heavy atom. The van der Waals surface area contributed by atoms with E-state index in [4.69, 9.17) is 17.3 Å². The molecule has 13 heavy (non-hydrogen) atoms. The summed E-state index contributed by atoms with van der Waals surface area (Å²) in [6.45, 7) is 0.453. The molecule has 1 aromatic rings. The molecule has 0 fully saturated rings. The maximum atomic E-state index is 11.4. The second-order valence-electron chi connectivity index (χ2n) is 2.53. The van der Waals surface area contributed by atoms with Crippen LogP contribution in [0.25, 0.3) is 0 Å². The second-order valence-corrected chi connectivity index (χ2v) is 2.91. The molecule has 1 rings (SSSR count). The lowest BCUT2D eigenvalue weighted by Gasteiger charge is -2.04. The quantitative estimate of drug-likeness (QED) is 0.567. The molecule has 1 amide bonds. The molecule has 3 N–H and O–H groups in total. The Labute approximate surface area is 81.9 Å². The fourth-order valence-electron chi connectivity index (χ4n) is 0.960. The van der Waals surface area contributed by atoms with Crippen LogP contribution in [0.3, 0.4) is 0 Å². The van der Waals surface area contributed by atoms with Crippen LogP contribution in [-0.4, -0.2) is 18.3 Å². The highest BCUT2D eigenvalue weighted by atomic mass is 35.5. The van der Waals surface area contributed by atoms with Crippen LogP contribution in [0.4, 0.5) is 5.69 Å². The van der Waals surface area contributed by atoms with Crippen LogP contribution in [0.5, 0.6) is 0 Å². The van der Waals surface area contributed by atoms with Crippen molar-refractivity contribution in [1.82, 2.24) is 5.32 Å². The summed E-state index contributed by atoms with van der Waals surface area (Å²) in [5.74, 6) is 0.220. The molecule has 0 atom stereocenters. The van der Waals surface area contributed by atoms with Crippen LogP contribution in [0.1, 0.15) is 10.4 Å². The Bertz CT molecular complexity index is 301. The number of alkyl halides is 1. The Morgan fingerprint density at radius 1 is 1.46 bits per heavy atom. The lowest BCUT2D eigenvalue weighted by atomic mass is 10.2. The third-order valence-corrected chi connectivity index (χ3v) is 1.77. The number of nitrogens with one attached hydrogen (secondary N) is 1. The number of hydrogen-bond acceptors (Lipinski definition) is 2. The molecular formula is C9H11ClN2O. The van der Waals surface area contributed by atoms with Gasteiger partial charge in [-0.15, -0.1) is 11.6 Å². The molecule has 3 nitrogen and oxygen atoms in total. The van der Waals surface area contributed by atoms with Gasteiger partial charge in [-0.05, 0) is 12.1 Å². The molecule has 0 radical (unpaired) electrons. The maximum Gasteiger partial charge on any atom is 0.253 e. The number of hydrogen-bond donors (Lipinski definition) is 2. The Balaban J connectivity index is 2.71. The summed E-state index contributed by atoms with van der Waals surface area (Å²) < 4.78 is 0. The minimum atomic E-state index is -0.182. The summed E-state index contributed by atoms with van der Waals surface area (Å²) in [4.78, 5) is 11.4. The standard InChI is InChI=1S/C9H11ClN2O/c10-5-6-12-9(13)7-3-1-2-4-8(7)11/h1-4H,5-6,11H2,(H,12,13). The van der Waals surface area contributed by atoms with Crippen molar-refractivity contribution in [3.05, 3.63) is 29.8 Å². The molecule has 0 aliphatic carbocycles. The predicted octanol–water partition coefficient (Wildman–Crippen LogP) is 1.24. The van der Waals surface area contributed by atoms with Crippen LogP contribution >= 0.6 is 11.6 Å². The Kier molecular flexibility index (Phi) is 3.58. The Morgan fingerprint density at radius 2 is 2.15 bits per heavy atom. The number of rotatable bonds is 3. The number of anilines is 1. The largest absolute Gasteiger partial charge is 0.398 e. The van der Waals surface area contributed by atoms with Crippen molar-refractivity contribution in [2.24, 2.45) is 0 Å². The van der Waals surface area contributed by atoms with Gasteiger partial charge in [0.15, 0.2) is 0 Å².